The molecule has 0 bridgehead atoms. The van der Waals surface area contributed by atoms with Crippen molar-refractivity contribution < 1.29 is 19.0 Å². The van der Waals surface area contributed by atoms with Crippen LogP contribution in [0, 0.1) is 6.92 Å². The first-order chi connectivity index (χ1) is 11.6. The molecule has 1 amide bonds. The summed E-state index contributed by atoms with van der Waals surface area (Å²) in [5, 5.41) is 2.84. The molecule has 0 fully saturated rings. The molecular weight excluding hydrogens is 306 g/mol. The summed E-state index contributed by atoms with van der Waals surface area (Å²) in [6.07, 6.45) is 0. The monoisotopic (exact) mass is 329 g/mol. The van der Waals surface area contributed by atoms with Gasteiger partial charge in [0.05, 0.1) is 13.2 Å². The van der Waals surface area contributed by atoms with Gasteiger partial charge < -0.3 is 19.5 Å². The van der Waals surface area contributed by atoms with Crippen molar-refractivity contribution in [2.24, 2.45) is 0 Å². The van der Waals surface area contributed by atoms with Crippen molar-refractivity contribution in [1.82, 2.24) is 5.32 Å². The first kappa shape index (κ1) is 17.7. The number of carbonyl (C=O) groups is 1. The van der Waals surface area contributed by atoms with E-state index in [2.05, 4.69) is 5.32 Å². The van der Waals surface area contributed by atoms with Crippen LogP contribution in [0.15, 0.2) is 48.5 Å². The molecule has 0 saturated heterocycles. The fraction of sp³-hybridized carbons (Fsp3) is 0.316. The van der Waals surface area contributed by atoms with Crippen molar-refractivity contribution in [2.45, 2.75) is 19.9 Å². The lowest BCUT2D eigenvalue weighted by molar-refractivity contribution is -0.123. The van der Waals surface area contributed by atoms with Crippen LogP contribution < -0.4 is 19.5 Å². The van der Waals surface area contributed by atoms with Gasteiger partial charge in [0.1, 0.15) is 23.9 Å². The molecule has 1 N–H and O–H groups in total. The summed E-state index contributed by atoms with van der Waals surface area (Å²) in [5.41, 5.74) is 1.09. The molecule has 0 radical (unpaired) electrons. The van der Waals surface area contributed by atoms with Gasteiger partial charge in [-0.2, -0.15) is 0 Å². The van der Waals surface area contributed by atoms with Crippen molar-refractivity contribution in [1.29, 1.82) is 0 Å². The quantitative estimate of drug-likeness (QED) is 0.809. The predicted octanol–water partition coefficient (Wildman–Crippen LogP) is 2.97. The molecule has 0 heterocycles. The number of carbonyl (C=O) groups excluding carboxylic acids is 1. The highest BCUT2D eigenvalue weighted by Gasteiger charge is 2.09. The highest BCUT2D eigenvalue weighted by Crippen LogP contribution is 2.17. The van der Waals surface area contributed by atoms with E-state index in [0.717, 1.165) is 17.1 Å². The first-order valence-corrected chi connectivity index (χ1v) is 7.82. The molecule has 0 spiro atoms. The molecule has 0 aliphatic carbocycles. The van der Waals surface area contributed by atoms with E-state index >= 15 is 0 Å². The Balaban J connectivity index is 1.70. The van der Waals surface area contributed by atoms with Crippen LogP contribution >= 0.6 is 0 Å². The molecule has 24 heavy (non-hydrogen) atoms. The average molecular weight is 329 g/mol. The molecular formula is C19H23NO4. The molecule has 5 nitrogen and oxygen atoms in total. The van der Waals surface area contributed by atoms with Gasteiger partial charge in [-0.3, -0.25) is 4.79 Å². The van der Waals surface area contributed by atoms with Gasteiger partial charge in [-0.05, 0) is 55.8 Å². The summed E-state index contributed by atoms with van der Waals surface area (Å²) < 4.78 is 16.2. The molecule has 2 rings (SSSR count). The molecule has 2 aromatic carbocycles. The van der Waals surface area contributed by atoms with E-state index in [1.165, 1.54) is 0 Å². The normalized spacial score (nSPS) is 11.5. The first-order valence-electron chi connectivity index (χ1n) is 7.82. The minimum atomic E-state index is -0.178. The summed E-state index contributed by atoms with van der Waals surface area (Å²) >= 11 is 0. The second kappa shape index (κ2) is 8.82. The predicted molar refractivity (Wildman–Crippen MR) is 92.8 cm³/mol. The summed E-state index contributed by atoms with van der Waals surface area (Å²) in [7, 11) is 1.62. The molecule has 0 aliphatic heterocycles. The molecule has 5 heteroatoms. The molecule has 128 valence electrons. The summed E-state index contributed by atoms with van der Waals surface area (Å²) in [6, 6.07) is 14.8. The number of hydrogen-bond acceptors (Lipinski definition) is 4. The lowest BCUT2D eigenvalue weighted by Crippen LogP contribution is -2.39. The highest BCUT2D eigenvalue weighted by atomic mass is 16.5. The standard InChI is InChI=1S/C19H23NO4/c1-14-5-4-6-18(11-14)24-13-19(21)20-15(2)12-23-17-9-7-16(22-3)8-10-17/h4-11,15H,12-13H2,1-3H3,(H,20,21)/t15-/m0/s1. The van der Waals surface area contributed by atoms with Crippen LogP contribution in [0.3, 0.4) is 0 Å². The third kappa shape index (κ3) is 5.83. The Morgan fingerprint density at radius 3 is 2.42 bits per heavy atom. The Kier molecular flexibility index (Phi) is 6.49. The van der Waals surface area contributed by atoms with Gasteiger partial charge in [0, 0.05) is 0 Å². The van der Waals surface area contributed by atoms with Gasteiger partial charge >= 0.3 is 0 Å². The Bertz CT molecular complexity index is 655. The molecule has 0 aromatic heterocycles. The smallest absolute Gasteiger partial charge is 0.258 e. The average Bonchev–Trinajstić information content (AvgIpc) is 2.59. The maximum atomic E-state index is 11.9. The fourth-order valence-electron chi connectivity index (χ4n) is 2.11. The van der Waals surface area contributed by atoms with Gasteiger partial charge in [0.2, 0.25) is 0 Å². The fourth-order valence-corrected chi connectivity index (χ4v) is 2.11. The Morgan fingerprint density at radius 2 is 1.75 bits per heavy atom. The number of hydrogen-bond donors (Lipinski definition) is 1. The zero-order valence-electron chi connectivity index (χ0n) is 14.2. The van der Waals surface area contributed by atoms with Crippen LogP contribution in [0.4, 0.5) is 0 Å². The van der Waals surface area contributed by atoms with Crippen LogP contribution in [0.1, 0.15) is 12.5 Å². The van der Waals surface area contributed by atoms with E-state index in [4.69, 9.17) is 14.2 Å². The molecule has 2 aromatic rings. The van der Waals surface area contributed by atoms with Crippen LogP contribution in [0.25, 0.3) is 0 Å². The largest absolute Gasteiger partial charge is 0.497 e. The van der Waals surface area contributed by atoms with Crippen LogP contribution in [-0.4, -0.2) is 32.3 Å². The van der Waals surface area contributed by atoms with Crippen molar-refractivity contribution in [3.05, 3.63) is 54.1 Å². The Labute approximate surface area is 142 Å². The van der Waals surface area contributed by atoms with Crippen LogP contribution in [0.2, 0.25) is 0 Å². The molecule has 1 atom stereocenters. The van der Waals surface area contributed by atoms with Crippen LogP contribution in [0.5, 0.6) is 17.2 Å². The van der Waals surface area contributed by atoms with E-state index < -0.39 is 0 Å². The second-order valence-electron chi connectivity index (χ2n) is 5.56. The van der Waals surface area contributed by atoms with Crippen LogP contribution in [-0.2, 0) is 4.79 Å². The maximum absolute atomic E-state index is 11.9. The van der Waals surface area contributed by atoms with Gasteiger partial charge in [-0.1, -0.05) is 12.1 Å². The third-order valence-electron chi connectivity index (χ3n) is 3.33. The minimum absolute atomic E-state index is 0.0175. The van der Waals surface area contributed by atoms with Crippen molar-refractivity contribution in [2.75, 3.05) is 20.3 Å². The molecule has 0 saturated carbocycles. The van der Waals surface area contributed by atoms with Crippen molar-refractivity contribution >= 4 is 5.91 Å². The Morgan fingerprint density at radius 1 is 1.04 bits per heavy atom. The minimum Gasteiger partial charge on any atom is -0.497 e. The molecule has 0 aliphatic rings. The van der Waals surface area contributed by atoms with E-state index in [-0.39, 0.29) is 18.6 Å². The summed E-state index contributed by atoms with van der Waals surface area (Å²) in [5.74, 6) is 2.01. The number of nitrogens with one attached hydrogen (secondary N) is 1. The summed E-state index contributed by atoms with van der Waals surface area (Å²) in [4.78, 5) is 11.9. The van der Waals surface area contributed by atoms with Gasteiger partial charge in [0.15, 0.2) is 6.61 Å². The number of benzene rings is 2. The second-order valence-corrected chi connectivity index (χ2v) is 5.56. The zero-order chi connectivity index (χ0) is 17.4. The highest BCUT2D eigenvalue weighted by molar-refractivity contribution is 5.77. The van der Waals surface area contributed by atoms with Crippen molar-refractivity contribution in [3.63, 3.8) is 0 Å². The third-order valence-corrected chi connectivity index (χ3v) is 3.33. The number of methoxy groups -OCH3 is 1. The number of ether oxygens (including phenoxy) is 3. The van der Waals surface area contributed by atoms with Crippen molar-refractivity contribution in [3.8, 4) is 17.2 Å². The van der Waals surface area contributed by atoms with Gasteiger partial charge in [-0.15, -0.1) is 0 Å². The lowest BCUT2D eigenvalue weighted by atomic mass is 10.2. The van der Waals surface area contributed by atoms with Gasteiger partial charge in [0.25, 0.3) is 5.91 Å². The SMILES string of the molecule is COc1ccc(OC[C@H](C)NC(=O)COc2cccc(C)c2)cc1. The topological polar surface area (TPSA) is 56.8 Å². The summed E-state index contributed by atoms with van der Waals surface area (Å²) in [6.45, 7) is 4.22. The maximum Gasteiger partial charge on any atom is 0.258 e. The van der Waals surface area contributed by atoms with E-state index in [1.807, 2.05) is 62.4 Å². The number of rotatable bonds is 8. The van der Waals surface area contributed by atoms with E-state index in [0.29, 0.717) is 12.4 Å². The van der Waals surface area contributed by atoms with Gasteiger partial charge in [-0.25, -0.2) is 0 Å². The number of amides is 1. The van der Waals surface area contributed by atoms with E-state index in [9.17, 15) is 4.79 Å². The molecule has 0 unspecified atom stereocenters. The zero-order valence-corrected chi connectivity index (χ0v) is 14.2. The Hall–Kier alpha value is -2.69. The number of aryl methyl sites for hydroxylation is 1. The van der Waals surface area contributed by atoms with E-state index in [1.54, 1.807) is 7.11 Å². The lowest BCUT2D eigenvalue weighted by Gasteiger charge is -2.15.